The molecule has 3 heterocycles. The van der Waals surface area contributed by atoms with Gasteiger partial charge in [-0.05, 0) is 12.8 Å². The maximum absolute atomic E-state index is 12.2. The lowest BCUT2D eigenvalue weighted by Gasteiger charge is -2.42. The highest BCUT2D eigenvalue weighted by atomic mass is 16.6. The summed E-state index contributed by atoms with van der Waals surface area (Å²) >= 11 is 0. The van der Waals surface area contributed by atoms with Crippen molar-refractivity contribution in [1.29, 1.82) is 0 Å². The summed E-state index contributed by atoms with van der Waals surface area (Å²) in [6, 6.07) is 0. The molecule has 0 saturated carbocycles. The van der Waals surface area contributed by atoms with Gasteiger partial charge in [0.25, 0.3) is 5.91 Å². The summed E-state index contributed by atoms with van der Waals surface area (Å²) in [4.78, 5) is 37.9. The normalized spacial score (nSPS) is 24.8. The number of ether oxygens (including phenoxy) is 2. The van der Waals surface area contributed by atoms with Crippen LogP contribution in [0.25, 0.3) is 0 Å². The van der Waals surface area contributed by atoms with E-state index in [-0.39, 0.29) is 30.3 Å². The number of carbonyl (C=O) groups excluding carboxylic acids is 3. The minimum atomic E-state index is -0.566. The summed E-state index contributed by atoms with van der Waals surface area (Å²) in [5.74, 6) is 0.139. The van der Waals surface area contributed by atoms with Crippen LogP contribution < -0.4 is 0 Å². The largest absolute Gasteiger partial charge is 0.439 e. The number of imide groups is 1. The lowest BCUT2D eigenvalue weighted by molar-refractivity contribution is -0.145. The Bertz CT molecular complexity index is 410. The van der Waals surface area contributed by atoms with Crippen LogP contribution in [0.4, 0.5) is 4.79 Å². The van der Waals surface area contributed by atoms with Gasteiger partial charge in [-0.15, -0.1) is 0 Å². The topological polar surface area (TPSA) is 76.2 Å². The molecular formula is C13H18N2O5. The molecule has 3 amide bonds. The molecule has 7 nitrogen and oxygen atoms in total. The minimum absolute atomic E-state index is 0.0723. The van der Waals surface area contributed by atoms with E-state index in [0.717, 1.165) is 17.7 Å². The zero-order valence-electron chi connectivity index (χ0n) is 11.2. The van der Waals surface area contributed by atoms with Crippen LogP contribution in [-0.4, -0.2) is 67.2 Å². The number of cyclic esters (lactones) is 1. The summed E-state index contributed by atoms with van der Waals surface area (Å²) in [5, 5.41) is 0. The first-order chi connectivity index (χ1) is 9.65. The number of amides is 3. The highest BCUT2D eigenvalue weighted by Gasteiger charge is 2.39. The van der Waals surface area contributed by atoms with Crippen molar-refractivity contribution in [1.82, 2.24) is 9.80 Å². The van der Waals surface area contributed by atoms with Gasteiger partial charge in [-0.25, -0.2) is 9.69 Å². The van der Waals surface area contributed by atoms with Gasteiger partial charge in [-0.3, -0.25) is 9.59 Å². The molecule has 0 aliphatic carbocycles. The molecule has 3 saturated heterocycles. The molecule has 0 atom stereocenters. The summed E-state index contributed by atoms with van der Waals surface area (Å²) in [5.41, 5.74) is 0. The van der Waals surface area contributed by atoms with Crippen LogP contribution in [0, 0.1) is 11.8 Å². The van der Waals surface area contributed by atoms with E-state index in [1.165, 1.54) is 0 Å². The van der Waals surface area contributed by atoms with E-state index in [9.17, 15) is 14.4 Å². The molecule has 3 aliphatic heterocycles. The van der Waals surface area contributed by atoms with Crippen molar-refractivity contribution >= 4 is 17.9 Å². The van der Waals surface area contributed by atoms with Gasteiger partial charge in [0.15, 0.2) is 6.61 Å². The number of carbonyl (C=O) groups is 3. The Morgan fingerprint density at radius 3 is 2.50 bits per heavy atom. The Morgan fingerprint density at radius 1 is 1.20 bits per heavy atom. The Labute approximate surface area is 116 Å². The maximum Gasteiger partial charge on any atom is 0.417 e. The van der Waals surface area contributed by atoms with Gasteiger partial charge < -0.3 is 14.4 Å². The molecule has 7 heteroatoms. The monoisotopic (exact) mass is 282 g/mol. The molecule has 0 spiro atoms. The first kappa shape index (κ1) is 13.4. The van der Waals surface area contributed by atoms with E-state index in [4.69, 9.17) is 4.74 Å². The average Bonchev–Trinajstić information content (AvgIpc) is 2.73. The van der Waals surface area contributed by atoms with Crippen molar-refractivity contribution in [3.63, 3.8) is 0 Å². The molecule has 0 radical (unpaired) electrons. The standard InChI is InChI=1S/C13H18N2O5/c16-11-8-20-13(18)15(11)7-9-5-14(6-9)12(17)10-1-3-19-4-2-10/h9-10H,1-8H2. The van der Waals surface area contributed by atoms with Crippen molar-refractivity contribution < 1.29 is 23.9 Å². The fraction of sp³-hybridized carbons (Fsp3) is 0.769. The van der Waals surface area contributed by atoms with Gasteiger partial charge in [-0.1, -0.05) is 0 Å². The smallest absolute Gasteiger partial charge is 0.417 e. The van der Waals surface area contributed by atoms with Gasteiger partial charge in [-0.2, -0.15) is 0 Å². The van der Waals surface area contributed by atoms with E-state index in [2.05, 4.69) is 4.74 Å². The van der Waals surface area contributed by atoms with Crippen LogP contribution >= 0.6 is 0 Å². The SMILES string of the molecule is O=C(C1CCOCC1)N1CC(CN2C(=O)COC2=O)C1. The lowest BCUT2D eigenvalue weighted by atomic mass is 9.93. The highest BCUT2D eigenvalue weighted by Crippen LogP contribution is 2.24. The van der Waals surface area contributed by atoms with Crippen molar-refractivity contribution in [3.8, 4) is 0 Å². The number of hydrogen-bond donors (Lipinski definition) is 0. The second-order valence-corrected chi connectivity index (χ2v) is 5.55. The molecule has 3 fully saturated rings. The van der Waals surface area contributed by atoms with Crippen molar-refractivity contribution in [2.75, 3.05) is 39.5 Å². The summed E-state index contributed by atoms with van der Waals surface area (Å²) in [6.45, 7) is 2.75. The Kier molecular flexibility index (Phi) is 3.60. The zero-order valence-corrected chi connectivity index (χ0v) is 11.2. The number of rotatable bonds is 3. The molecule has 0 bridgehead atoms. The third-order valence-electron chi connectivity index (χ3n) is 4.12. The fourth-order valence-electron chi connectivity index (χ4n) is 2.88. The molecule has 0 aromatic carbocycles. The van der Waals surface area contributed by atoms with Gasteiger partial charge in [0.2, 0.25) is 5.91 Å². The van der Waals surface area contributed by atoms with E-state index < -0.39 is 6.09 Å². The lowest BCUT2D eigenvalue weighted by Crippen LogP contribution is -2.56. The van der Waals surface area contributed by atoms with Gasteiger partial charge in [0.05, 0.1) is 0 Å². The molecule has 3 rings (SSSR count). The zero-order chi connectivity index (χ0) is 14.1. The van der Waals surface area contributed by atoms with E-state index >= 15 is 0 Å². The van der Waals surface area contributed by atoms with Gasteiger partial charge in [0, 0.05) is 44.7 Å². The van der Waals surface area contributed by atoms with Crippen molar-refractivity contribution in [2.45, 2.75) is 12.8 Å². The molecule has 20 heavy (non-hydrogen) atoms. The first-order valence-electron chi connectivity index (χ1n) is 6.99. The van der Waals surface area contributed by atoms with Crippen LogP contribution in [-0.2, 0) is 19.1 Å². The predicted octanol–water partition coefficient (Wildman–Crippen LogP) is -0.150. The van der Waals surface area contributed by atoms with Gasteiger partial charge >= 0.3 is 6.09 Å². The van der Waals surface area contributed by atoms with E-state index in [1.54, 1.807) is 0 Å². The maximum atomic E-state index is 12.2. The van der Waals surface area contributed by atoms with Gasteiger partial charge in [0.1, 0.15) is 0 Å². The summed E-state index contributed by atoms with van der Waals surface area (Å²) in [6.07, 6.45) is 1.01. The third-order valence-corrected chi connectivity index (χ3v) is 4.12. The quantitative estimate of drug-likeness (QED) is 0.719. The molecule has 110 valence electrons. The second-order valence-electron chi connectivity index (χ2n) is 5.55. The molecule has 3 aliphatic rings. The Balaban J connectivity index is 1.45. The van der Waals surface area contributed by atoms with Crippen molar-refractivity contribution in [2.24, 2.45) is 11.8 Å². The number of nitrogens with zero attached hydrogens (tertiary/aromatic N) is 2. The molecule has 0 aromatic rings. The van der Waals surface area contributed by atoms with E-state index in [0.29, 0.717) is 32.8 Å². The summed E-state index contributed by atoms with van der Waals surface area (Å²) in [7, 11) is 0. The molecule has 0 unspecified atom stereocenters. The highest BCUT2D eigenvalue weighted by molar-refractivity contribution is 5.97. The van der Waals surface area contributed by atoms with Crippen LogP contribution in [0.5, 0.6) is 0 Å². The Hall–Kier alpha value is -1.63. The summed E-state index contributed by atoms with van der Waals surface area (Å²) < 4.78 is 9.91. The minimum Gasteiger partial charge on any atom is -0.439 e. The third kappa shape index (κ3) is 2.49. The number of hydrogen-bond acceptors (Lipinski definition) is 5. The first-order valence-corrected chi connectivity index (χ1v) is 6.99. The van der Waals surface area contributed by atoms with Crippen LogP contribution in [0.2, 0.25) is 0 Å². The molecular weight excluding hydrogens is 264 g/mol. The van der Waals surface area contributed by atoms with Crippen LogP contribution in [0.15, 0.2) is 0 Å². The van der Waals surface area contributed by atoms with Crippen LogP contribution in [0.1, 0.15) is 12.8 Å². The van der Waals surface area contributed by atoms with E-state index in [1.807, 2.05) is 4.90 Å². The Morgan fingerprint density at radius 2 is 1.90 bits per heavy atom. The average molecular weight is 282 g/mol. The van der Waals surface area contributed by atoms with Crippen LogP contribution in [0.3, 0.4) is 0 Å². The molecule has 0 N–H and O–H groups in total. The molecule has 0 aromatic heterocycles. The predicted molar refractivity (Wildman–Crippen MR) is 66.7 cm³/mol. The fourth-order valence-corrected chi connectivity index (χ4v) is 2.88. The second kappa shape index (κ2) is 5.40. The number of likely N-dealkylation sites (tertiary alicyclic amines) is 1. The van der Waals surface area contributed by atoms with Crippen molar-refractivity contribution in [3.05, 3.63) is 0 Å².